The minimum Gasteiger partial charge on any atom is -0.383 e. The topological polar surface area (TPSA) is 106 Å². The van der Waals surface area contributed by atoms with Crippen molar-refractivity contribution < 1.29 is 14.5 Å². The van der Waals surface area contributed by atoms with E-state index in [2.05, 4.69) is 15.6 Å². The molecular formula is C17H20N4O4. The second-order valence-electron chi connectivity index (χ2n) is 5.38. The van der Waals surface area contributed by atoms with E-state index in [-0.39, 0.29) is 23.2 Å². The molecule has 0 saturated carbocycles. The number of hydrogen-bond acceptors (Lipinski definition) is 6. The molecule has 0 spiro atoms. The maximum atomic E-state index is 12.4. The number of amides is 1. The van der Waals surface area contributed by atoms with Crippen LogP contribution in [0.3, 0.4) is 0 Å². The van der Waals surface area contributed by atoms with Crippen LogP contribution in [0.1, 0.15) is 28.9 Å². The number of carbonyl (C=O) groups is 1. The summed E-state index contributed by atoms with van der Waals surface area (Å²) >= 11 is 0. The third kappa shape index (κ3) is 4.98. The first-order chi connectivity index (χ1) is 12.0. The molecule has 0 radical (unpaired) electrons. The van der Waals surface area contributed by atoms with Gasteiger partial charge in [-0.1, -0.05) is 0 Å². The molecule has 0 aliphatic carbocycles. The third-order valence-electron chi connectivity index (χ3n) is 3.63. The van der Waals surface area contributed by atoms with Crippen molar-refractivity contribution in [3.05, 3.63) is 64.0 Å². The first-order valence-electron chi connectivity index (χ1n) is 7.75. The van der Waals surface area contributed by atoms with Crippen molar-refractivity contribution in [3.8, 4) is 0 Å². The molecule has 132 valence electrons. The van der Waals surface area contributed by atoms with E-state index in [1.807, 2.05) is 6.92 Å². The van der Waals surface area contributed by atoms with Gasteiger partial charge in [0.1, 0.15) is 5.69 Å². The van der Waals surface area contributed by atoms with Gasteiger partial charge in [-0.3, -0.25) is 19.9 Å². The number of aromatic nitrogens is 1. The van der Waals surface area contributed by atoms with Gasteiger partial charge in [0, 0.05) is 37.7 Å². The molecule has 0 bridgehead atoms. The highest BCUT2D eigenvalue weighted by Crippen LogP contribution is 2.25. The molecule has 25 heavy (non-hydrogen) atoms. The second kappa shape index (κ2) is 8.74. The van der Waals surface area contributed by atoms with Gasteiger partial charge in [-0.15, -0.1) is 0 Å². The van der Waals surface area contributed by atoms with Gasteiger partial charge in [-0.25, -0.2) is 0 Å². The molecule has 1 unspecified atom stereocenters. The highest BCUT2D eigenvalue weighted by molar-refractivity contribution is 5.96. The van der Waals surface area contributed by atoms with Crippen LogP contribution in [0.2, 0.25) is 0 Å². The van der Waals surface area contributed by atoms with Crippen LogP contribution in [0, 0.1) is 10.1 Å². The fraction of sp³-hybridized carbons (Fsp3) is 0.294. The van der Waals surface area contributed by atoms with Crippen molar-refractivity contribution in [1.82, 2.24) is 10.3 Å². The lowest BCUT2D eigenvalue weighted by atomic mass is 10.1. The van der Waals surface area contributed by atoms with Crippen LogP contribution in [0.4, 0.5) is 11.4 Å². The van der Waals surface area contributed by atoms with Gasteiger partial charge >= 0.3 is 0 Å². The lowest BCUT2D eigenvalue weighted by molar-refractivity contribution is -0.384. The average Bonchev–Trinajstić information content (AvgIpc) is 2.62. The summed E-state index contributed by atoms with van der Waals surface area (Å²) in [5.41, 5.74) is 1.32. The summed E-state index contributed by atoms with van der Waals surface area (Å²) in [6.45, 7) is 2.69. The monoisotopic (exact) mass is 344 g/mol. The molecule has 8 nitrogen and oxygen atoms in total. The zero-order valence-electron chi connectivity index (χ0n) is 14.1. The van der Waals surface area contributed by atoms with Crippen LogP contribution in [0.25, 0.3) is 0 Å². The summed E-state index contributed by atoms with van der Waals surface area (Å²) in [6.07, 6.45) is 3.28. The smallest absolute Gasteiger partial charge is 0.293 e. The molecule has 8 heteroatoms. The molecule has 0 fully saturated rings. The van der Waals surface area contributed by atoms with Crippen LogP contribution < -0.4 is 10.6 Å². The Bertz CT molecular complexity index is 737. The van der Waals surface area contributed by atoms with Crippen molar-refractivity contribution in [2.75, 3.05) is 25.6 Å². The van der Waals surface area contributed by atoms with E-state index < -0.39 is 4.92 Å². The number of benzene rings is 1. The van der Waals surface area contributed by atoms with E-state index >= 15 is 0 Å². The van der Waals surface area contributed by atoms with Crippen LogP contribution in [-0.2, 0) is 4.74 Å². The van der Waals surface area contributed by atoms with E-state index in [0.29, 0.717) is 18.8 Å². The SMILES string of the molecule is COCCNc1ccc(C(=O)NC(C)c2ccncc2)cc1[N+](=O)[O-]. The fourth-order valence-electron chi connectivity index (χ4n) is 2.28. The Kier molecular flexibility index (Phi) is 6.41. The van der Waals surface area contributed by atoms with E-state index in [0.717, 1.165) is 5.56 Å². The molecule has 0 aliphatic rings. The predicted molar refractivity (Wildman–Crippen MR) is 93.6 cm³/mol. The number of rotatable bonds is 8. The molecule has 1 aromatic carbocycles. The number of nitrogens with zero attached hydrogens (tertiary/aromatic N) is 2. The number of methoxy groups -OCH3 is 1. The highest BCUT2D eigenvalue weighted by Gasteiger charge is 2.18. The van der Waals surface area contributed by atoms with E-state index in [1.165, 1.54) is 12.1 Å². The predicted octanol–water partition coefficient (Wildman–Crippen LogP) is 2.54. The molecule has 1 aromatic heterocycles. The van der Waals surface area contributed by atoms with E-state index in [1.54, 1.807) is 37.7 Å². The molecule has 0 aliphatic heterocycles. The maximum Gasteiger partial charge on any atom is 0.293 e. The summed E-state index contributed by atoms with van der Waals surface area (Å²) in [4.78, 5) is 27.1. The van der Waals surface area contributed by atoms with Crippen LogP contribution in [-0.4, -0.2) is 36.1 Å². The van der Waals surface area contributed by atoms with Crippen LogP contribution in [0.15, 0.2) is 42.7 Å². The minimum atomic E-state index is -0.516. The Morgan fingerprint density at radius 1 is 1.32 bits per heavy atom. The Morgan fingerprint density at radius 3 is 2.68 bits per heavy atom. The molecule has 1 atom stereocenters. The zero-order chi connectivity index (χ0) is 18.2. The lowest BCUT2D eigenvalue weighted by Crippen LogP contribution is -2.26. The molecule has 1 heterocycles. The molecule has 2 rings (SSSR count). The largest absolute Gasteiger partial charge is 0.383 e. The van der Waals surface area contributed by atoms with E-state index in [9.17, 15) is 14.9 Å². The number of nitrogens with one attached hydrogen (secondary N) is 2. The highest BCUT2D eigenvalue weighted by atomic mass is 16.6. The van der Waals surface area contributed by atoms with Gasteiger partial charge in [0.15, 0.2) is 0 Å². The number of nitro benzene ring substituents is 1. The third-order valence-corrected chi connectivity index (χ3v) is 3.63. The van der Waals surface area contributed by atoms with Gasteiger partial charge in [0.25, 0.3) is 11.6 Å². The van der Waals surface area contributed by atoms with Gasteiger partial charge in [-0.2, -0.15) is 0 Å². The second-order valence-corrected chi connectivity index (χ2v) is 5.38. The number of carbonyl (C=O) groups excluding carboxylic acids is 1. The summed E-state index contributed by atoms with van der Waals surface area (Å²) in [5.74, 6) is -0.379. The number of hydrogen-bond donors (Lipinski definition) is 2. The number of ether oxygens (including phenoxy) is 1. The quantitative estimate of drug-likeness (QED) is 0.433. The standard InChI is InChI=1S/C17H20N4O4/c1-12(13-5-7-18-8-6-13)20-17(22)14-3-4-15(19-9-10-25-2)16(11-14)21(23)24/h3-8,11-12,19H,9-10H2,1-2H3,(H,20,22). The minimum absolute atomic E-state index is 0.152. The van der Waals surface area contributed by atoms with Crippen molar-refractivity contribution in [2.45, 2.75) is 13.0 Å². The Hall–Kier alpha value is -3.00. The van der Waals surface area contributed by atoms with Crippen LogP contribution in [0.5, 0.6) is 0 Å². The Labute approximate surface area is 145 Å². The molecule has 2 N–H and O–H groups in total. The Balaban J connectivity index is 2.14. The molecule has 0 saturated heterocycles. The van der Waals surface area contributed by atoms with Gasteiger partial charge in [0.05, 0.1) is 17.6 Å². The molecular weight excluding hydrogens is 324 g/mol. The van der Waals surface area contributed by atoms with Gasteiger partial charge in [-0.05, 0) is 36.8 Å². The summed E-state index contributed by atoms with van der Waals surface area (Å²) in [5, 5.41) is 17.0. The van der Waals surface area contributed by atoms with E-state index in [4.69, 9.17) is 4.74 Å². The van der Waals surface area contributed by atoms with Gasteiger partial charge < -0.3 is 15.4 Å². The van der Waals surface area contributed by atoms with Crippen molar-refractivity contribution in [2.24, 2.45) is 0 Å². The fourth-order valence-corrected chi connectivity index (χ4v) is 2.28. The summed E-state index contributed by atoms with van der Waals surface area (Å²) in [6, 6.07) is 7.71. The number of nitro groups is 1. The zero-order valence-corrected chi connectivity index (χ0v) is 14.1. The molecule has 2 aromatic rings. The normalized spacial score (nSPS) is 11.6. The molecule has 1 amide bonds. The summed E-state index contributed by atoms with van der Waals surface area (Å²) < 4.78 is 4.91. The number of pyridine rings is 1. The lowest BCUT2D eigenvalue weighted by Gasteiger charge is -2.14. The van der Waals surface area contributed by atoms with Crippen LogP contribution >= 0.6 is 0 Å². The number of anilines is 1. The van der Waals surface area contributed by atoms with Crippen molar-refractivity contribution >= 4 is 17.3 Å². The first-order valence-corrected chi connectivity index (χ1v) is 7.75. The van der Waals surface area contributed by atoms with Gasteiger partial charge in [0.2, 0.25) is 0 Å². The maximum absolute atomic E-state index is 12.4. The first kappa shape index (κ1) is 18.3. The van der Waals surface area contributed by atoms with Crippen molar-refractivity contribution in [1.29, 1.82) is 0 Å². The van der Waals surface area contributed by atoms with Crippen molar-refractivity contribution in [3.63, 3.8) is 0 Å². The Morgan fingerprint density at radius 2 is 2.04 bits per heavy atom. The summed E-state index contributed by atoms with van der Waals surface area (Å²) in [7, 11) is 1.55. The average molecular weight is 344 g/mol.